The number of Topliss-reactive ketones (excluding diaryl/α,β-unsaturated/α-hetero) is 1. The molecule has 6 rings (SSSR count). The molecule has 1 aliphatic heterocycles. The molecule has 2 unspecified atom stereocenters. The molecule has 40 heavy (non-hydrogen) atoms. The zero-order valence-corrected chi connectivity index (χ0v) is 22.0. The summed E-state index contributed by atoms with van der Waals surface area (Å²) in [6.07, 6.45) is 5.07. The summed E-state index contributed by atoms with van der Waals surface area (Å²) in [6, 6.07) is 22.1. The van der Waals surface area contributed by atoms with Crippen LogP contribution < -0.4 is 4.90 Å². The number of amides is 2. The second-order valence-corrected chi connectivity index (χ2v) is 10.2. The summed E-state index contributed by atoms with van der Waals surface area (Å²) in [5, 5.41) is 1.10. The first-order valence-electron chi connectivity index (χ1n) is 12.9. The van der Waals surface area contributed by atoms with E-state index in [4.69, 9.17) is 21.3 Å². The molecule has 0 radical (unpaired) electrons. The Kier molecular flexibility index (Phi) is 6.74. The van der Waals surface area contributed by atoms with Gasteiger partial charge in [-0.05, 0) is 61.4 Å². The Morgan fingerprint density at radius 3 is 2.20 bits per heavy atom. The number of benzene rings is 3. The van der Waals surface area contributed by atoms with E-state index in [-0.39, 0.29) is 35.0 Å². The summed E-state index contributed by atoms with van der Waals surface area (Å²) in [4.78, 5) is 57.6. The highest BCUT2D eigenvalue weighted by Gasteiger charge is 2.47. The lowest BCUT2D eigenvalue weighted by Crippen LogP contribution is -2.30. The van der Waals surface area contributed by atoms with E-state index < -0.39 is 12.6 Å². The Bertz CT molecular complexity index is 1670. The number of ether oxygens (including phenoxy) is 1. The van der Waals surface area contributed by atoms with Crippen molar-refractivity contribution in [3.05, 3.63) is 107 Å². The van der Waals surface area contributed by atoms with Crippen molar-refractivity contribution in [2.45, 2.75) is 12.8 Å². The van der Waals surface area contributed by atoms with Crippen molar-refractivity contribution in [1.82, 2.24) is 4.98 Å². The molecule has 3 aromatic carbocycles. The zero-order valence-electron chi connectivity index (χ0n) is 21.2. The maximum Gasteiger partial charge on any atom is 0.339 e. The Morgan fingerprint density at radius 2 is 1.52 bits per heavy atom. The number of hydrogen-bond acceptors (Lipinski definition) is 6. The van der Waals surface area contributed by atoms with E-state index in [1.807, 2.05) is 18.2 Å². The number of allylic oxidation sites excluding steroid dienone is 2. The van der Waals surface area contributed by atoms with Crippen molar-refractivity contribution >= 4 is 51.8 Å². The zero-order chi connectivity index (χ0) is 27.8. The summed E-state index contributed by atoms with van der Waals surface area (Å²) in [6.45, 7) is -0.420. The molecule has 2 heterocycles. The number of fused-ring (bicyclic) bond motifs is 2. The second-order valence-electron chi connectivity index (χ2n) is 9.79. The standard InChI is InChI=1S/C32H23ClN2O5/c33-21-13-9-20(10-14-21)29(36)18-40-32(39)26-17-28(34-27-8-4-3-5-23(26)27)19-11-15-22(16-12-19)35-30(37)24-6-1-2-7-25(24)31(35)38/h1-5,8-17,24-25H,6-7,18H2. The third-order valence-electron chi connectivity index (χ3n) is 7.37. The number of anilines is 1. The van der Waals surface area contributed by atoms with Crippen LogP contribution in [0, 0.1) is 11.8 Å². The first-order valence-corrected chi connectivity index (χ1v) is 13.3. The molecule has 1 aromatic heterocycles. The first kappa shape index (κ1) is 25.6. The van der Waals surface area contributed by atoms with Crippen LogP contribution in [0.3, 0.4) is 0 Å². The van der Waals surface area contributed by atoms with Crippen LogP contribution in [0.25, 0.3) is 22.2 Å². The lowest BCUT2D eigenvalue weighted by molar-refractivity contribution is -0.122. The number of pyridine rings is 1. The van der Waals surface area contributed by atoms with Gasteiger partial charge >= 0.3 is 5.97 Å². The Balaban J connectivity index is 1.26. The highest BCUT2D eigenvalue weighted by atomic mass is 35.5. The van der Waals surface area contributed by atoms with Crippen molar-refractivity contribution < 1.29 is 23.9 Å². The number of halogens is 1. The van der Waals surface area contributed by atoms with Gasteiger partial charge in [0.1, 0.15) is 0 Å². The molecule has 2 amide bonds. The van der Waals surface area contributed by atoms with E-state index in [2.05, 4.69) is 0 Å². The van der Waals surface area contributed by atoms with E-state index in [9.17, 15) is 19.2 Å². The molecule has 0 bridgehead atoms. The number of hydrogen-bond donors (Lipinski definition) is 0. The van der Waals surface area contributed by atoms with Crippen molar-refractivity contribution in [3.8, 4) is 11.3 Å². The second kappa shape index (κ2) is 10.5. The number of ketones is 1. The summed E-state index contributed by atoms with van der Waals surface area (Å²) in [7, 11) is 0. The molecular weight excluding hydrogens is 528 g/mol. The van der Waals surface area contributed by atoms with Crippen LogP contribution in [-0.2, 0) is 14.3 Å². The Morgan fingerprint density at radius 1 is 0.875 bits per heavy atom. The predicted molar refractivity (Wildman–Crippen MR) is 151 cm³/mol. The van der Waals surface area contributed by atoms with Gasteiger partial charge in [0.15, 0.2) is 12.4 Å². The van der Waals surface area contributed by atoms with Gasteiger partial charge in [0.25, 0.3) is 0 Å². The monoisotopic (exact) mass is 550 g/mol. The molecular formula is C32H23ClN2O5. The summed E-state index contributed by atoms with van der Waals surface area (Å²) >= 11 is 5.89. The Labute approximate surface area is 235 Å². The number of carbonyl (C=O) groups excluding carboxylic acids is 4. The minimum atomic E-state index is -0.650. The van der Waals surface area contributed by atoms with Crippen molar-refractivity contribution in [2.75, 3.05) is 11.5 Å². The molecule has 4 aromatic rings. The number of para-hydroxylation sites is 1. The van der Waals surface area contributed by atoms with Gasteiger partial charge in [0, 0.05) is 21.5 Å². The first-order chi connectivity index (χ1) is 19.4. The van der Waals surface area contributed by atoms with Crippen LogP contribution in [0.4, 0.5) is 5.69 Å². The van der Waals surface area contributed by atoms with Gasteiger partial charge in [0.05, 0.1) is 34.3 Å². The molecule has 0 saturated carbocycles. The summed E-state index contributed by atoms with van der Waals surface area (Å²) < 4.78 is 5.39. The van der Waals surface area contributed by atoms with Crippen molar-refractivity contribution in [2.24, 2.45) is 11.8 Å². The minimum Gasteiger partial charge on any atom is -0.454 e. The highest BCUT2D eigenvalue weighted by Crippen LogP contribution is 2.38. The lowest BCUT2D eigenvalue weighted by Gasteiger charge is -2.15. The number of imide groups is 1. The lowest BCUT2D eigenvalue weighted by atomic mass is 9.85. The van der Waals surface area contributed by atoms with E-state index >= 15 is 0 Å². The fraction of sp³-hybridized carbons (Fsp3) is 0.156. The highest BCUT2D eigenvalue weighted by molar-refractivity contribution is 6.30. The molecule has 8 heteroatoms. The van der Waals surface area contributed by atoms with Gasteiger partial charge in [-0.25, -0.2) is 9.78 Å². The van der Waals surface area contributed by atoms with Crippen LogP contribution in [0.15, 0.2) is 91.0 Å². The molecule has 0 N–H and O–H groups in total. The minimum absolute atomic E-state index is 0.172. The maximum absolute atomic E-state index is 13.1. The molecule has 1 saturated heterocycles. The Hall–Kier alpha value is -4.62. The molecule has 7 nitrogen and oxygen atoms in total. The average molecular weight is 551 g/mol. The third kappa shape index (κ3) is 4.69. The van der Waals surface area contributed by atoms with E-state index in [0.29, 0.717) is 51.3 Å². The van der Waals surface area contributed by atoms with Gasteiger partial charge in [-0.15, -0.1) is 0 Å². The topological polar surface area (TPSA) is 93.6 Å². The molecule has 2 atom stereocenters. The number of rotatable bonds is 6. The van der Waals surface area contributed by atoms with Crippen LogP contribution in [0.1, 0.15) is 33.6 Å². The van der Waals surface area contributed by atoms with Crippen LogP contribution in [-0.4, -0.2) is 35.2 Å². The molecule has 0 spiro atoms. The van der Waals surface area contributed by atoms with Gasteiger partial charge in [-0.3, -0.25) is 19.3 Å². The molecule has 1 fully saturated rings. The molecule has 1 aliphatic carbocycles. The molecule has 2 aliphatic rings. The third-order valence-corrected chi connectivity index (χ3v) is 7.62. The van der Waals surface area contributed by atoms with Crippen molar-refractivity contribution in [1.29, 1.82) is 0 Å². The van der Waals surface area contributed by atoms with E-state index in [1.165, 1.54) is 4.90 Å². The number of aromatic nitrogens is 1. The quantitative estimate of drug-likeness (QED) is 0.125. The van der Waals surface area contributed by atoms with Crippen LogP contribution in [0.5, 0.6) is 0 Å². The van der Waals surface area contributed by atoms with Gasteiger partial charge in [-0.2, -0.15) is 0 Å². The fourth-order valence-electron chi connectivity index (χ4n) is 5.26. The summed E-state index contributed by atoms with van der Waals surface area (Å²) in [5.41, 5.74) is 2.96. The molecule has 198 valence electrons. The van der Waals surface area contributed by atoms with Crippen LogP contribution >= 0.6 is 11.6 Å². The van der Waals surface area contributed by atoms with Gasteiger partial charge in [0.2, 0.25) is 11.8 Å². The number of nitrogens with zero attached hydrogens (tertiary/aromatic N) is 2. The van der Waals surface area contributed by atoms with E-state index in [1.54, 1.807) is 72.8 Å². The van der Waals surface area contributed by atoms with Gasteiger partial charge in [-0.1, -0.05) is 54.1 Å². The van der Waals surface area contributed by atoms with E-state index in [0.717, 1.165) is 0 Å². The smallest absolute Gasteiger partial charge is 0.339 e. The largest absolute Gasteiger partial charge is 0.454 e. The summed E-state index contributed by atoms with van der Waals surface area (Å²) in [5.74, 6) is -1.95. The number of esters is 1. The van der Waals surface area contributed by atoms with Crippen LogP contribution in [0.2, 0.25) is 5.02 Å². The average Bonchev–Trinajstić information content (AvgIpc) is 3.25. The SMILES string of the molecule is O=C(COC(=O)c1cc(-c2ccc(N3C(=O)C4CC=CCC4C3=O)cc2)nc2ccccc12)c1ccc(Cl)cc1. The fourth-order valence-corrected chi connectivity index (χ4v) is 5.38. The van der Waals surface area contributed by atoms with Crippen molar-refractivity contribution in [3.63, 3.8) is 0 Å². The normalized spacial score (nSPS) is 18.2. The maximum atomic E-state index is 13.1. The number of carbonyl (C=O) groups is 4. The predicted octanol–water partition coefficient (Wildman–Crippen LogP) is 6.05. The van der Waals surface area contributed by atoms with Gasteiger partial charge < -0.3 is 4.74 Å².